The standard InChI is InChI=1S/C24H24ClN7O2/c1-32-11-14(10-26-32)18-9-19(28-21-13-4-2-12(3-5-13)20(21)24(33)34)29-23(27-18)22-16-8-15(25)6-7-17(16)30-31-22/h6-13,20-21H,2-5H2,1H3,(H,30,31)(H,33,34)(H,27,28,29). The van der Waals surface area contributed by atoms with Gasteiger partial charge in [0.2, 0.25) is 0 Å². The highest BCUT2D eigenvalue weighted by atomic mass is 35.5. The van der Waals surface area contributed by atoms with E-state index < -0.39 is 11.9 Å². The Bertz CT molecular complexity index is 1390. The molecule has 3 saturated carbocycles. The van der Waals surface area contributed by atoms with Gasteiger partial charge in [-0.3, -0.25) is 14.6 Å². The molecule has 4 aromatic rings. The van der Waals surface area contributed by atoms with Crippen LogP contribution in [0.2, 0.25) is 5.02 Å². The van der Waals surface area contributed by atoms with E-state index in [4.69, 9.17) is 21.6 Å². The molecular weight excluding hydrogens is 454 g/mol. The monoisotopic (exact) mass is 477 g/mol. The third kappa shape index (κ3) is 3.60. The maximum atomic E-state index is 12.2. The van der Waals surface area contributed by atoms with Gasteiger partial charge < -0.3 is 10.4 Å². The SMILES string of the molecule is Cn1cc(-c2cc(NC3C4CCC(CC4)C3C(=O)O)nc(-c3n[nH]c4ccc(Cl)cc34)n2)cn1. The van der Waals surface area contributed by atoms with Gasteiger partial charge in [0.05, 0.1) is 23.3 Å². The molecule has 0 amide bonds. The third-order valence-corrected chi connectivity index (χ3v) is 7.52. The van der Waals surface area contributed by atoms with Gasteiger partial charge in [-0.25, -0.2) is 9.97 Å². The van der Waals surface area contributed by atoms with Crippen LogP contribution in [0.4, 0.5) is 5.82 Å². The predicted octanol–water partition coefficient (Wildman–Crippen LogP) is 4.38. The molecule has 10 heteroatoms. The van der Waals surface area contributed by atoms with Crippen molar-refractivity contribution in [3.05, 3.63) is 41.7 Å². The van der Waals surface area contributed by atoms with Gasteiger partial charge in [-0.2, -0.15) is 10.2 Å². The Morgan fingerprint density at radius 2 is 1.97 bits per heavy atom. The van der Waals surface area contributed by atoms with Gasteiger partial charge in [0.1, 0.15) is 11.5 Å². The van der Waals surface area contributed by atoms with Gasteiger partial charge in [0.15, 0.2) is 5.82 Å². The number of nitrogens with zero attached hydrogens (tertiary/aromatic N) is 5. The fourth-order valence-electron chi connectivity index (χ4n) is 5.67. The van der Waals surface area contributed by atoms with Gasteiger partial charge in [-0.15, -0.1) is 0 Å². The van der Waals surface area contributed by atoms with E-state index in [-0.39, 0.29) is 12.0 Å². The number of aliphatic carboxylic acids is 1. The Morgan fingerprint density at radius 1 is 1.18 bits per heavy atom. The summed E-state index contributed by atoms with van der Waals surface area (Å²) in [5.41, 5.74) is 2.95. The van der Waals surface area contributed by atoms with Gasteiger partial charge in [0, 0.05) is 41.3 Å². The minimum absolute atomic E-state index is 0.167. The molecule has 0 aliphatic heterocycles. The normalized spacial score (nSPS) is 23.9. The Hall–Kier alpha value is -3.46. The van der Waals surface area contributed by atoms with E-state index in [0.717, 1.165) is 42.1 Å². The number of carboxylic acids is 1. The number of nitrogens with one attached hydrogen (secondary N) is 2. The lowest BCUT2D eigenvalue weighted by Gasteiger charge is -2.47. The second-order valence-corrected chi connectivity index (χ2v) is 9.77. The Kier molecular flexibility index (Phi) is 5.02. The van der Waals surface area contributed by atoms with Crippen molar-refractivity contribution in [3.63, 3.8) is 0 Å². The average Bonchev–Trinajstić information content (AvgIpc) is 3.45. The Labute approximate surface area is 200 Å². The number of rotatable bonds is 5. The van der Waals surface area contributed by atoms with Crippen LogP contribution in [0, 0.1) is 17.8 Å². The highest BCUT2D eigenvalue weighted by Gasteiger charge is 2.47. The summed E-state index contributed by atoms with van der Waals surface area (Å²) in [6, 6.07) is 7.21. The summed E-state index contributed by atoms with van der Waals surface area (Å²) < 4.78 is 1.72. The molecule has 2 unspecified atom stereocenters. The van der Waals surface area contributed by atoms with Crippen molar-refractivity contribution in [3.8, 4) is 22.8 Å². The van der Waals surface area contributed by atoms with Crippen molar-refractivity contribution in [2.24, 2.45) is 24.8 Å². The summed E-state index contributed by atoms with van der Waals surface area (Å²) in [5, 5.41) is 26.7. The number of anilines is 1. The first-order valence-corrected chi connectivity index (χ1v) is 11.9. The molecule has 3 N–H and O–H groups in total. The Balaban J connectivity index is 1.46. The molecule has 7 rings (SSSR count). The van der Waals surface area contributed by atoms with E-state index in [1.165, 1.54) is 0 Å². The first-order valence-electron chi connectivity index (χ1n) is 11.5. The number of aromatic amines is 1. The first kappa shape index (κ1) is 21.1. The predicted molar refractivity (Wildman–Crippen MR) is 128 cm³/mol. The Morgan fingerprint density at radius 3 is 2.71 bits per heavy atom. The smallest absolute Gasteiger partial charge is 0.308 e. The van der Waals surface area contributed by atoms with Crippen molar-refractivity contribution in [2.75, 3.05) is 5.32 Å². The first-order chi connectivity index (χ1) is 16.5. The van der Waals surface area contributed by atoms with Crippen LogP contribution in [0.1, 0.15) is 25.7 Å². The summed E-state index contributed by atoms with van der Waals surface area (Å²) in [7, 11) is 1.85. The topological polar surface area (TPSA) is 122 Å². The number of benzene rings is 1. The highest BCUT2D eigenvalue weighted by molar-refractivity contribution is 6.31. The lowest BCUT2D eigenvalue weighted by Crippen LogP contribution is -2.51. The second-order valence-electron chi connectivity index (χ2n) is 9.34. The van der Waals surface area contributed by atoms with E-state index in [9.17, 15) is 9.90 Å². The van der Waals surface area contributed by atoms with Gasteiger partial charge >= 0.3 is 5.97 Å². The molecule has 9 nitrogen and oxygen atoms in total. The van der Waals surface area contributed by atoms with Crippen molar-refractivity contribution >= 4 is 34.3 Å². The van der Waals surface area contributed by atoms with Crippen LogP contribution in [0.15, 0.2) is 36.7 Å². The molecule has 0 saturated heterocycles. The summed E-state index contributed by atoms with van der Waals surface area (Å²) in [5.74, 6) is 0.392. The molecule has 0 spiro atoms. The molecule has 3 fully saturated rings. The molecule has 3 aliphatic carbocycles. The molecule has 3 aliphatic rings. The average molecular weight is 478 g/mol. The minimum atomic E-state index is -0.735. The third-order valence-electron chi connectivity index (χ3n) is 7.28. The maximum absolute atomic E-state index is 12.2. The van der Waals surface area contributed by atoms with Crippen LogP contribution in [-0.2, 0) is 11.8 Å². The van der Waals surface area contributed by atoms with Gasteiger partial charge in [-0.1, -0.05) is 11.6 Å². The van der Waals surface area contributed by atoms with Gasteiger partial charge in [0.25, 0.3) is 0 Å². The number of fused-ring (bicyclic) bond motifs is 4. The highest BCUT2D eigenvalue weighted by Crippen LogP contribution is 2.46. The number of hydrogen-bond acceptors (Lipinski definition) is 6. The number of halogens is 1. The lowest BCUT2D eigenvalue weighted by molar-refractivity contribution is -0.148. The van der Waals surface area contributed by atoms with Crippen molar-refractivity contribution < 1.29 is 9.90 Å². The van der Waals surface area contributed by atoms with E-state index in [0.29, 0.717) is 34.0 Å². The van der Waals surface area contributed by atoms with E-state index in [2.05, 4.69) is 20.6 Å². The summed E-state index contributed by atoms with van der Waals surface area (Å²) >= 11 is 6.25. The zero-order valence-corrected chi connectivity index (χ0v) is 19.3. The van der Waals surface area contributed by atoms with E-state index in [1.54, 1.807) is 16.9 Å². The molecule has 1 aromatic carbocycles. The van der Waals surface area contributed by atoms with Crippen LogP contribution in [0.3, 0.4) is 0 Å². The van der Waals surface area contributed by atoms with E-state index >= 15 is 0 Å². The maximum Gasteiger partial charge on any atom is 0.308 e. The van der Waals surface area contributed by atoms with E-state index in [1.807, 2.05) is 31.4 Å². The molecule has 3 aromatic heterocycles. The number of H-pyrrole nitrogens is 1. The summed E-state index contributed by atoms with van der Waals surface area (Å²) in [6.07, 6.45) is 7.69. The number of carbonyl (C=O) groups is 1. The fourth-order valence-corrected chi connectivity index (χ4v) is 5.84. The van der Waals surface area contributed by atoms with Crippen LogP contribution in [0.25, 0.3) is 33.7 Å². The lowest BCUT2D eigenvalue weighted by atomic mass is 9.61. The van der Waals surface area contributed by atoms with Crippen molar-refractivity contribution in [2.45, 2.75) is 31.7 Å². The molecule has 2 bridgehead atoms. The molecule has 2 atom stereocenters. The number of aryl methyl sites for hydroxylation is 1. The summed E-state index contributed by atoms with van der Waals surface area (Å²) in [4.78, 5) is 21.7. The van der Waals surface area contributed by atoms with Crippen LogP contribution >= 0.6 is 11.6 Å². The van der Waals surface area contributed by atoms with Crippen LogP contribution in [0.5, 0.6) is 0 Å². The largest absolute Gasteiger partial charge is 0.481 e. The number of hydrogen-bond donors (Lipinski definition) is 3. The minimum Gasteiger partial charge on any atom is -0.481 e. The van der Waals surface area contributed by atoms with Gasteiger partial charge in [-0.05, 0) is 55.7 Å². The zero-order chi connectivity index (χ0) is 23.4. The molecule has 174 valence electrons. The molecular formula is C24H24ClN7O2. The molecule has 3 heterocycles. The van der Waals surface area contributed by atoms with Crippen molar-refractivity contribution in [1.82, 2.24) is 29.9 Å². The number of carboxylic acid groups (broad SMARTS) is 1. The fraction of sp³-hybridized carbons (Fsp3) is 0.375. The summed E-state index contributed by atoms with van der Waals surface area (Å²) in [6.45, 7) is 0. The molecule has 0 radical (unpaired) electrons. The second kappa shape index (κ2) is 8.09. The molecule has 34 heavy (non-hydrogen) atoms. The van der Waals surface area contributed by atoms with Crippen molar-refractivity contribution in [1.29, 1.82) is 0 Å². The zero-order valence-electron chi connectivity index (χ0n) is 18.6. The van der Waals surface area contributed by atoms with Crippen LogP contribution < -0.4 is 5.32 Å². The van der Waals surface area contributed by atoms with Crippen LogP contribution in [-0.4, -0.2) is 47.1 Å². The number of aromatic nitrogens is 6. The quantitative estimate of drug-likeness (QED) is 0.390.